The number of carboxylic acids is 2. The predicted octanol–water partition coefficient (Wildman–Crippen LogP) is 5.26. The molecule has 30 heavy (non-hydrogen) atoms. The van der Waals surface area contributed by atoms with Gasteiger partial charge in [0.2, 0.25) is 0 Å². The monoisotopic (exact) mass is 464 g/mol. The zero-order valence-corrected chi connectivity index (χ0v) is 20.7. The molecule has 0 radical (unpaired) electrons. The highest BCUT2D eigenvalue weighted by molar-refractivity contribution is 8.76. The van der Waals surface area contributed by atoms with Crippen molar-refractivity contribution in [1.82, 2.24) is 4.90 Å². The Hall–Kier alpha value is -0.440. The second-order valence-corrected chi connectivity index (χ2v) is 10.5. The molecular formula is C22H44N2O4S2. The van der Waals surface area contributed by atoms with Gasteiger partial charge in [0.25, 0.3) is 0 Å². The van der Waals surface area contributed by atoms with Crippen molar-refractivity contribution in [2.24, 2.45) is 5.73 Å². The summed E-state index contributed by atoms with van der Waals surface area (Å²) >= 11 is 0. The van der Waals surface area contributed by atoms with Gasteiger partial charge >= 0.3 is 11.9 Å². The first kappa shape index (κ1) is 29.6. The van der Waals surface area contributed by atoms with Crippen LogP contribution in [0.15, 0.2) is 0 Å². The second kappa shape index (κ2) is 20.5. The maximum atomic E-state index is 11.9. The van der Waals surface area contributed by atoms with Gasteiger partial charge in [-0.2, -0.15) is 0 Å². The van der Waals surface area contributed by atoms with Crippen LogP contribution in [0.4, 0.5) is 0 Å². The summed E-state index contributed by atoms with van der Waals surface area (Å²) in [7, 11) is 2.76. The standard InChI is InChI=1S/C22H44N2O4S2/c1-3-5-7-9-11-13-15-24(16-14-12-10-8-6-4-2)20(22(27)28)18-30-29-17-19(23)21(25)26/h19-20H,3-18,23H2,1-2H3,(H,25,26)(H,27,28)/t19?,20-/m0/s1. The van der Waals surface area contributed by atoms with E-state index in [1.54, 1.807) is 0 Å². The van der Waals surface area contributed by atoms with Gasteiger partial charge in [0, 0.05) is 11.5 Å². The van der Waals surface area contributed by atoms with Crippen molar-refractivity contribution < 1.29 is 19.8 Å². The second-order valence-electron chi connectivity index (χ2n) is 7.94. The number of nitrogens with zero attached hydrogens (tertiary/aromatic N) is 1. The molecule has 0 aromatic carbocycles. The molecule has 0 aliphatic heterocycles. The Morgan fingerprint density at radius 3 is 1.60 bits per heavy atom. The van der Waals surface area contributed by atoms with Crippen molar-refractivity contribution in [1.29, 1.82) is 0 Å². The van der Waals surface area contributed by atoms with Crippen LogP contribution in [0.5, 0.6) is 0 Å². The fourth-order valence-electron chi connectivity index (χ4n) is 3.25. The van der Waals surface area contributed by atoms with Gasteiger partial charge in [-0.05, 0) is 25.9 Å². The third-order valence-corrected chi connectivity index (χ3v) is 7.63. The Morgan fingerprint density at radius 2 is 1.17 bits per heavy atom. The molecule has 0 fully saturated rings. The van der Waals surface area contributed by atoms with Gasteiger partial charge < -0.3 is 15.9 Å². The lowest BCUT2D eigenvalue weighted by Crippen LogP contribution is -2.44. The summed E-state index contributed by atoms with van der Waals surface area (Å²) in [6.45, 7) is 6.05. The van der Waals surface area contributed by atoms with Crippen LogP contribution >= 0.6 is 21.6 Å². The molecule has 0 aliphatic rings. The van der Waals surface area contributed by atoms with Gasteiger partial charge in [-0.15, -0.1) is 0 Å². The fourth-order valence-corrected chi connectivity index (χ4v) is 5.62. The maximum absolute atomic E-state index is 11.9. The van der Waals surface area contributed by atoms with Crippen LogP contribution in [0.3, 0.4) is 0 Å². The van der Waals surface area contributed by atoms with Crippen molar-refractivity contribution in [3.63, 3.8) is 0 Å². The van der Waals surface area contributed by atoms with Gasteiger partial charge in [0.05, 0.1) is 0 Å². The molecule has 4 N–H and O–H groups in total. The number of unbranched alkanes of at least 4 members (excludes halogenated alkanes) is 10. The highest BCUT2D eigenvalue weighted by Gasteiger charge is 2.25. The van der Waals surface area contributed by atoms with E-state index >= 15 is 0 Å². The molecule has 1 unspecified atom stereocenters. The number of nitrogens with two attached hydrogens (primary N) is 1. The predicted molar refractivity (Wildman–Crippen MR) is 130 cm³/mol. The van der Waals surface area contributed by atoms with E-state index in [1.165, 1.54) is 73.0 Å². The molecule has 8 heteroatoms. The Kier molecular flexibility index (Phi) is 20.2. The normalized spacial score (nSPS) is 13.5. The molecular weight excluding hydrogens is 420 g/mol. The summed E-state index contributed by atoms with van der Waals surface area (Å²) in [4.78, 5) is 24.9. The zero-order valence-electron chi connectivity index (χ0n) is 19.0. The van der Waals surface area contributed by atoms with Crippen LogP contribution in [0.2, 0.25) is 0 Å². The Labute approximate surface area is 191 Å². The van der Waals surface area contributed by atoms with Crippen LogP contribution in [0.25, 0.3) is 0 Å². The van der Waals surface area contributed by atoms with Gasteiger partial charge in [-0.25, -0.2) is 0 Å². The number of hydrogen-bond acceptors (Lipinski definition) is 6. The molecule has 2 atom stereocenters. The van der Waals surface area contributed by atoms with E-state index in [0.29, 0.717) is 5.75 Å². The van der Waals surface area contributed by atoms with E-state index in [1.807, 2.05) is 0 Å². The fraction of sp³-hybridized carbons (Fsp3) is 0.909. The van der Waals surface area contributed by atoms with E-state index in [9.17, 15) is 14.7 Å². The van der Waals surface area contributed by atoms with Gasteiger partial charge in [0.1, 0.15) is 12.1 Å². The summed E-state index contributed by atoms with van der Waals surface area (Å²) in [6.07, 6.45) is 14.3. The van der Waals surface area contributed by atoms with E-state index < -0.39 is 24.0 Å². The highest BCUT2D eigenvalue weighted by atomic mass is 33.1. The first-order valence-corrected chi connectivity index (χ1v) is 14.1. The molecule has 0 spiro atoms. The Morgan fingerprint density at radius 1 is 0.733 bits per heavy atom. The SMILES string of the molecule is CCCCCCCCN(CCCCCCCC)[C@@H](CSSCC(N)C(=O)O)C(=O)O. The molecule has 0 aromatic heterocycles. The van der Waals surface area contributed by atoms with Crippen LogP contribution in [0.1, 0.15) is 90.9 Å². The molecule has 0 amide bonds. The van der Waals surface area contributed by atoms with Crippen LogP contribution in [0, 0.1) is 0 Å². The van der Waals surface area contributed by atoms with Crippen molar-refractivity contribution in [2.45, 2.75) is 103 Å². The minimum atomic E-state index is -1.02. The first-order chi connectivity index (χ1) is 14.4. The Bertz CT molecular complexity index is 425. The molecule has 0 saturated heterocycles. The largest absolute Gasteiger partial charge is 0.480 e. The van der Waals surface area contributed by atoms with E-state index in [0.717, 1.165) is 38.8 Å². The van der Waals surface area contributed by atoms with Crippen molar-refractivity contribution in [2.75, 3.05) is 24.6 Å². The lowest BCUT2D eigenvalue weighted by molar-refractivity contribution is -0.142. The summed E-state index contributed by atoms with van der Waals surface area (Å²) in [5.74, 6) is -1.09. The van der Waals surface area contributed by atoms with Gasteiger partial charge in [-0.1, -0.05) is 99.6 Å². The maximum Gasteiger partial charge on any atom is 0.321 e. The van der Waals surface area contributed by atoms with Gasteiger partial charge in [0.15, 0.2) is 0 Å². The average molecular weight is 465 g/mol. The van der Waals surface area contributed by atoms with E-state index in [-0.39, 0.29) is 5.75 Å². The van der Waals surface area contributed by atoms with E-state index in [4.69, 9.17) is 10.8 Å². The average Bonchev–Trinajstić information content (AvgIpc) is 2.71. The Balaban J connectivity index is 4.54. The third kappa shape index (κ3) is 16.3. The van der Waals surface area contributed by atoms with Gasteiger partial charge in [-0.3, -0.25) is 14.5 Å². The molecule has 6 nitrogen and oxygen atoms in total. The first-order valence-electron chi connectivity index (χ1n) is 11.6. The van der Waals surface area contributed by atoms with Crippen LogP contribution in [-0.2, 0) is 9.59 Å². The number of hydrogen-bond donors (Lipinski definition) is 3. The summed E-state index contributed by atoms with van der Waals surface area (Å²) in [5, 5.41) is 18.7. The molecule has 0 aromatic rings. The molecule has 178 valence electrons. The minimum Gasteiger partial charge on any atom is -0.480 e. The number of rotatable bonds is 22. The lowest BCUT2D eigenvalue weighted by atomic mass is 10.1. The van der Waals surface area contributed by atoms with Crippen molar-refractivity contribution in [3.05, 3.63) is 0 Å². The smallest absolute Gasteiger partial charge is 0.321 e. The molecule has 0 saturated carbocycles. The quantitative estimate of drug-likeness (QED) is 0.147. The summed E-state index contributed by atoms with van der Waals surface area (Å²) in [5.41, 5.74) is 5.52. The van der Waals surface area contributed by atoms with Crippen molar-refractivity contribution >= 4 is 33.5 Å². The molecule has 0 bridgehead atoms. The topological polar surface area (TPSA) is 104 Å². The lowest BCUT2D eigenvalue weighted by Gasteiger charge is -2.28. The number of carboxylic acid groups (broad SMARTS) is 2. The van der Waals surface area contributed by atoms with Crippen LogP contribution < -0.4 is 5.73 Å². The molecule has 0 aliphatic carbocycles. The van der Waals surface area contributed by atoms with Crippen LogP contribution in [-0.4, -0.2) is 63.7 Å². The summed E-state index contributed by atoms with van der Waals surface area (Å²) in [6, 6.07) is -1.44. The molecule has 0 rings (SSSR count). The molecule has 0 heterocycles. The zero-order chi connectivity index (χ0) is 22.6. The van der Waals surface area contributed by atoms with Crippen molar-refractivity contribution in [3.8, 4) is 0 Å². The number of aliphatic carboxylic acids is 2. The highest BCUT2D eigenvalue weighted by Crippen LogP contribution is 2.25. The number of carbonyl (C=O) groups is 2. The minimum absolute atomic E-state index is 0.279. The summed E-state index contributed by atoms with van der Waals surface area (Å²) < 4.78 is 0. The third-order valence-electron chi connectivity index (χ3n) is 5.20. The van der Waals surface area contributed by atoms with E-state index in [2.05, 4.69) is 18.7 Å².